The molecule has 21 heavy (non-hydrogen) atoms. The van der Waals surface area contributed by atoms with E-state index in [0.29, 0.717) is 19.8 Å². The van der Waals surface area contributed by atoms with Crippen molar-refractivity contribution in [2.45, 2.75) is 25.8 Å². The predicted molar refractivity (Wildman–Crippen MR) is 82.6 cm³/mol. The van der Waals surface area contributed by atoms with Crippen molar-refractivity contribution in [3.05, 3.63) is 17.3 Å². The minimum Gasteiger partial charge on any atom is -0.377 e. The van der Waals surface area contributed by atoms with Crippen LogP contribution in [0.5, 0.6) is 0 Å². The maximum absolute atomic E-state index is 11.3. The minimum atomic E-state index is -0.318. The zero-order valence-corrected chi connectivity index (χ0v) is 12.7. The standard InChI is InChI=1S/C14H18N4O2S/c1-2-12-16-13(10-3-6-21-14(10)17-12)18-4-5-20-8-9(18)7-11(15)19/h3,6,9H,2,4-5,7-8H2,1H3,(H2,15,19). The fourth-order valence-electron chi connectivity index (χ4n) is 2.59. The molecule has 1 aliphatic rings. The first kappa shape index (κ1) is 14.2. The van der Waals surface area contributed by atoms with Gasteiger partial charge in [0.25, 0.3) is 0 Å². The van der Waals surface area contributed by atoms with Gasteiger partial charge in [0.05, 0.1) is 24.6 Å². The molecule has 2 N–H and O–H groups in total. The highest BCUT2D eigenvalue weighted by Gasteiger charge is 2.27. The number of hydrogen-bond acceptors (Lipinski definition) is 6. The second-order valence-electron chi connectivity index (χ2n) is 5.05. The maximum atomic E-state index is 11.3. The number of thiophene rings is 1. The molecule has 1 unspecified atom stereocenters. The summed E-state index contributed by atoms with van der Waals surface area (Å²) < 4.78 is 5.49. The Morgan fingerprint density at radius 3 is 3.19 bits per heavy atom. The highest BCUT2D eigenvalue weighted by molar-refractivity contribution is 7.16. The van der Waals surface area contributed by atoms with Crippen molar-refractivity contribution in [1.29, 1.82) is 0 Å². The number of nitrogens with zero attached hydrogens (tertiary/aromatic N) is 3. The van der Waals surface area contributed by atoms with Crippen LogP contribution in [-0.4, -0.2) is 41.7 Å². The van der Waals surface area contributed by atoms with Gasteiger partial charge in [0, 0.05) is 19.4 Å². The molecule has 0 radical (unpaired) electrons. The van der Waals surface area contributed by atoms with Gasteiger partial charge in [0.2, 0.25) is 5.91 Å². The number of anilines is 1. The van der Waals surface area contributed by atoms with Gasteiger partial charge in [-0.1, -0.05) is 6.92 Å². The lowest BCUT2D eigenvalue weighted by molar-refractivity contribution is -0.118. The van der Waals surface area contributed by atoms with E-state index < -0.39 is 0 Å². The number of carbonyl (C=O) groups excluding carboxylic acids is 1. The molecular formula is C14H18N4O2S. The quantitative estimate of drug-likeness (QED) is 0.921. The van der Waals surface area contributed by atoms with E-state index in [9.17, 15) is 4.79 Å². The Bertz CT molecular complexity index is 657. The van der Waals surface area contributed by atoms with Crippen molar-refractivity contribution in [2.75, 3.05) is 24.7 Å². The van der Waals surface area contributed by atoms with Crippen molar-refractivity contribution >= 4 is 33.3 Å². The molecule has 7 heteroatoms. The van der Waals surface area contributed by atoms with E-state index in [0.717, 1.165) is 28.3 Å². The summed E-state index contributed by atoms with van der Waals surface area (Å²) in [5.74, 6) is 1.40. The molecule has 3 heterocycles. The largest absolute Gasteiger partial charge is 0.377 e. The minimum absolute atomic E-state index is 0.0565. The van der Waals surface area contributed by atoms with Crippen molar-refractivity contribution < 1.29 is 9.53 Å². The molecule has 0 aromatic carbocycles. The SMILES string of the molecule is CCc1nc(N2CCOCC2CC(N)=O)c2ccsc2n1. The first-order valence-corrected chi connectivity index (χ1v) is 7.93. The number of aryl methyl sites for hydroxylation is 1. The van der Waals surface area contributed by atoms with Crippen molar-refractivity contribution in [3.63, 3.8) is 0 Å². The van der Waals surface area contributed by atoms with Gasteiger partial charge in [-0.25, -0.2) is 9.97 Å². The number of rotatable bonds is 4. The molecule has 1 fully saturated rings. The molecule has 0 aliphatic carbocycles. The normalized spacial score (nSPS) is 19.1. The van der Waals surface area contributed by atoms with Crippen LogP contribution in [0.25, 0.3) is 10.2 Å². The maximum Gasteiger partial charge on any atom is 0.219 e. The molecule has 1 saturated heterocycles. The molecule has 2 aromatic rings. The molecule has 0 bridgehead atoms. The lowest BCUT2D eigenvalue weighted by atomic mass is 10.1. The van der Waals surface area contributed by atoms with Crippen LogP contribution in [0.4, 0.5) is 5.82 Å². The molecular weight excluding hydrogens is 288 g/mol. The van der Waals surface area contributed by atoms with Gasteiger partial charge in [0.15, 0.2) is 0 Å². The number of amides is 1. The molecule has 1 aliphatic heterocycles. The number of primary amides is 1. The van der Waals surface area contributed by atoms with Crippen LogP contribution in [0.2, 0.25) is 0 Å². The fraction of sp³-hybridized carbons (Fsp3) is 0.500. The summed E-state index contributed by atoms with van der Waals surface area (Å²) in [7, 11) is 0. The monoisotopic (exact) mass is 306 g/mol. The second kappa shape index (κ2) is 5.95. The van der Waals surface area contributed by atoms with Crippen LogP contribution in [-0.2, 0) is 16.0 Å². The van der Waals surface area contributed by atoms with Gasteiger partial charge < -0.3 is 15.4 Å². The third kappa shape index (κ3) is 2.84. The van der Waals surface area contributed by atoms with E-state index in [1.165, 1.54) is 0 Å². The lowest BCUT2D eigenvalue weighted by Crippen LogP contribution is -2.48. The first-order chi connectivity index (χ1) is 10.2. The second-order valence-corrected chi connectivity index (χ2v) is 5.94. The van der Waals surface area contributed by atoms with Gasteiger partial charge >= 0.3 is 0 Å². The molecule has 112 valence electrons. The highest BCUT2D eigenvalue weighted by Crippen LogP contribution is 2.30. The van der Waals surface area contributed by atoms with Gasteiger partial charge in [-0.15, -0.1) is 11.3 Å². The molecule has 1 amide bonds. The Balaban J connectivity index is 2.03. The number of aromatic nitrogens is 2. The molecule has 1 atom stereocenters. The Hall–Kier alpha value is -1.73. The van der Waals surface area contributed by atoms with Gasteiger partial charge in [-0.3, -0.25) is 4.79 Å². The van der Waals surface area contributed by atoms with Gasteiger partial charge in [-0.05, 0) is 11.4 Å². The van der Waals surface area contributed by atoms with Crippen LogP contribution >= 0.6 is 11.3 Å². The average molecular weight is 306 g/mol. The third-order valence-corrected chi connectivity index (χ3v) is 4.41. The Labute approximate surface area is 126 Å². The lowest BCUT2D eigenvalue weighted by Gasteiger charge is -2.36. The van der Waals surface area contributed by atoms with Gasteiger partial charge in [0.1, 0.15) is 16.5 Å². The average Bonchev–Trinajstić information content (AvgIpc) is 2.94. The van der Waals surface area contributed by atoms with Crippen LogP contribution in [0.1, 0.15) is 19.2 Å². The van der Waals surface area contributed by atoms with E-state index in [1.807, 2.05) is 18.4 Å². The molecule has 0 saturated carbocycles. The number of nitrogens with two attached hydrogens (primary N) is 1. The number of fused-ring (bicyclic) bond motifs is 1. The topological polar surface area (TPSA) is 81.3 Å². The van der Waals surface area contributed by atoms with E-state index >= 15 is 0 Å². The summed E-state index contributed by atoms with van der Waals surface area (Å²) in [6.07, 6.45) is 1.06. The zero-order valence-electron chi connectivity index (χ0n) is 11.9. The number of morpholine rings is 1. The van der Waals surface area contributed by atoms with Crippen molar-refractivity contribution in [2.24, 2.45) is 5.73 Å². The van der Waals surface area contributed by atoms with Crippen LogP contribution < -0.4 is 10.6 Å². The Morgan fingerprint density at radius 2 is 2.43 bits per heavy atom. The van der Waals surface area contributed by atoms with E-state index in [2.05, 4.69) is 14.9 Å². The Morgan fingerprint density at radius 1 is 1.57 bits per heavy atom. The van der Waals surface area contributed by atoms with E-state index in [-0.39, 0.29) is 18.4 Å². The van der Waals surface area contributed by atoms with Crippen LogP contribution in [0.3, 0.4) is 0 Å². The summed E-state index contributed by atoms with van der Waals surface area (Å²) >= 11 is 1.61. The zero-order chi connectivity index (χ0) is 14.8. The molecule has 6 nitrogen and oxygen atoms in total. The third-order valence-electron chi connectivity index (χ3n) is 3.60. The van der Waals surface area contributed by atoms with Crippen molar-refractivity contribution in [1.82, 2.24) is 9.97 Å². The smallest absolute Gasteiger partial charge is 0.219 e. The first-order valence-electron chi connectivity index (χ1n) is 7.06. The fourth-order valence-corrected chi connectivity index (χ4v) is 3.37. The van der Waals surface area contributed by atoms with Crippen LogP contribution in [0, 0.1) is 0 Å². The summed E-state index contributed by atoms with van der Waals surface area (Å²) in [5, 5.41) is 3.06. The molecule has 2 aromatic heterocycles. The predicted octanol–water partition coefficient (Wildman–Crippen LogP) is 1.33. The number of hydrogen-bond donors (Lipinski definition) is 1. The molecule has 3 rings (SSSR count). The number of carbonyl (C=O) groups is 1. The summed E-state index contributed by atoms with van der Waals surface area (Å²) in [6.45, 7) is 3.88. The molecule has 0 spiro atoms. The van der Waals surface area contributed by atoms with Gasteiger partial charge in [-0.2, -0.15) is 0 Å². The summed E-state index contributed by atoms with van der Waals surface area (Å²) in [6, 6.07) is 1.98. The van der Waals surface area contributed by atoms with E-state index in [4.69, 9.17) is 10.5 Å². The van der Waals surface area contributed by atoms with Crippen LogP contribution in [0.15, 0.2) is 11.4 Å². The summed E-state index contributed by atoms with van der Waals surface area (Å²) in [5.41, 5.74) is 5.36. The van der Waals surface area contributed by atoms with E-state index in [1.54, 1.807) is 11.3 Å². The highest BCUT2D eigenvalue weighted by atomic mass is 32.1. The Kier molecular flexibility index (Phi) is 4.03. The summed E-state index contributed by atoms with van der Waals surface area (Å²) in [4.78, 5) is 23.7. The van der Waals surface area contributed by atoms with Crippen molar-refractivity contribution in [3.8, 4) is 0 Å². The number of ether oxygens (including phenoxy) is 1.